The summed E-state index contributed by atoms with van der Waals surface area (Å²) in [5.41, 5.74) is 0. The fraction of sp³-hybridized carbons (Fsp3) is 0.700. The van der Waals surface area contributed by atoms with Crippen molar-refractivity contribution >= 4 is 11.8 Å². The molecule has 1 aromatic rings. The molecule has 4 heteroatoms. The molecular weight excluding hydrogens is 194 g/mol. The van der Waals surface area contributed by atoms with Crippen molar-refractivity contribution in [3.05, 3.63) is 18.5 Å². The van der Waals surface area contributed by atoms with Gasteiger partial charge in [-0.15, -0.1) is 0 Å². The highest BCUT2D eigenvalue weighted by Crippen LogP contribution is 2.00. The van der Waals surface area contributed by atoms with E-state index < -0.39 is 0 Å². The third kappa shape index (κ3) is 4.15. The second-order valence-corrected chi connectivity index (χ2v) is 4.19. The molecule has 0 fully saturated rings. The summed E-state index contributed by atoms with van der Waals surface area (Å²) in [5, 5.41) is 7.68. The zero-order valence-corrected chi connectivity index (χ0v) is 9.76. The van der Waals surface area contributed by atoms with Gasteiger partial charge in [-0.3, -0.25) is 4.68 Å². The molecule has 0 aliphatic carbocycles. The quantitative estimate of drug-likeness (QED) is 0.746. The van der Waals surface area contributed by atoms with Gasteiger partial charge in [0.15, 0.2) is 0 Å². The molecule has 1 rings (SSSR count). The number of nitrogens with one attached hydrogen (secondary N) is 1. The molecule has 0 spiro atoms. The van der Waals surface area contributed by atoms with Crippen molar-refractivity contribution in [1.82, 2.24) is 15.1 Å². The lowest BCUT2D eigenvalue weighted by Gasteiger charge is -2.15. The first kappa shape index (κ1) is 11.6. The zero-order valence-electron chi connectivity index (χ0n) is 8.94. The number of thioether (sulfide) groups is 1. The summed E-state index contributed by atoms with van der Waals surface area (Å²) in [6.07, 6.45) is 7.16. The summed E-state index contributed by atoms with van der Waals surface area (Å²) in [7, 11) is 0. The Labute approximate surface area is 90.3 Å². The number of hydrogen-bond acceptors (Lipinski definition) is 3. The first-order valence-electron chi connectivity index (χ1n) is 5.06. The average Bonchev–Trinajstić information content (AvgIpc) is 2.69. The van der Waals surface area contributed by atoms with Gasteiger partial charge in [0, 0.05) is 30.7 Å². The van der Waals surface area contributed by atoms with Gasteiger partial charge in [0.05, 0.1) is 6.54 Å². The summed E-state index contributed by atoms with van der Waals surface area (Å²) in [6, 6.07) is 2.60. The van der Waals surface area contributed by atoms with E-state index in [0.29, 0.717) is 6.04 Å². The smallest absolute Gasteiger partial charge is 0.0534 e. The minimum absolute atomic E-state index is 0.639. The molecule has 0 saturated carbocycles. The highest BCUT2D eigenvalue weighted by atomic mass is 32.2. The van der Waals surface area contributed by atoms with Crippen LogP contribution in [0.25, 0.3) is 0 Å². The third-order valence-electron chi connectivity index (χ3n) is 2.19. The maximum absolute atomic E-state index is 4.16. The van der Waals surface area contributed by atoms with Crippen LogP contribution in [0.3, 0.4) is 0 Å². The van der Waals surface area contributed by atoms with E-state index in [1.807, 2.05) is 34.9 Å². The minimum atomic E-state index is 0.639. The highest BCUT2D eigenvalue weighted by Gasteiger charge is 2.03. The Morgan fingerprint density at radius 3 is 3.00 bits per heavy atom. The molecule has 3 nitrogen and oxygen atoms in total. The van der Waals surface area contributed by atoms with Crippen molar-refractivity contribution in [2.24, 2.45) is 0 Å². The monoisotopic (exact) mass is 213 g/mol. The average molecular weight is 213 g/mol. The summed E-state index contributed by atoms with van der Waals surface area (Å²) < 4.78 is 1.96. The lowest BCUT2D eigenvalue weighted by atomic mass is 10.2. The molecule has 0 radical (unpaired) electrons. The zero-order chi connectivity index (χ0) is 10.2. The Balaban J connectivity index is 2.13. The van der Waals surface area contributed by atoms with Crippen molar-refractivity contribution in [2.45, 2.75) is 25.9 Å². The predicted octanol–water partition coefficient (Wildman–Crippen LogP) is 1.61. The second kappa shape index (κ2) is 6.90. The van der Waals surface area contributed by atoms with E-state index in [9.17, 15) is 0 Å². The molecule has 1 atom stereocenters. The van der Waals surface area contributed by atoms with Crippen molar-refractivity contribution < 1.29 is 0 Å². The summed E-state index contributed by atoms with van der Waals surface area (Å²) >= 11 is 1.90. The van der Waals surface area contributed by atoms with Crippen molar-refractivity contribution in [3.8, 4) is 0 Å². The summed E-state index contributed by atoms with van der Waals surface area (Å²) in [5.74, 6) is 1.19. The molecule has 0 bridgehead atoms. The van der Waals surface area contributed by atoms with Gasteiger partial charge in [0.1, 0.15) is 0 Å². The minimum Gasteiger partial charge on any atom is -0.311 e. The maximum Gasteiger partial charge on any atom is 0.0534 e. The van der Waals surface area contributed by atoms with Gasteiger partial charge in [-0.2, -0.15) is 16.9 Å². The second-order valence-electron chi connectivity index (χ2n) is 3.28. The summed E-state index contributed by atoms with van der Waals surface area (Å²) in [6.45, 7) is 4.18. The third-order valence-corrected chi connectivity index (χ3v) is 2.93. The van der Waals surface area contributed by atoms with E-state index >= 15 is 0 Å². The molecule has 1 aromatic heterocycles. The van der Waals surface area contributed by atoms with Crippen LogP contribution in [0.4, 0.5) is 0 Å². The van der Waals surface area contributed by atoms with Crippen LogP contribution in [-0.2, 0) is 6.54 Å². The van der Waals surface area contributed by atoms with Gasteiger partial charge in [0.2, 0.25) is 0 Å². The fourth-order valence-electron chi connectivity index (χ4n) is 1.34. The molecule has 1 unspecified atom stereocenters. The lowest BCUT2D eigenvalue weighted by molar-refractivity contribution is 0.491. The van der Waals surface area contributed by atoms with Crippen LogP contribution >= 0.6 is 11.8 Å². The highest BCUT2D eigenvalue weighted by molar-refractivity contribution is 7.98. The Morgan fingerprint density at radius 1 is 1.57 bits per heavy atom. The molecule has 80 valence electrons. The first-order valence-corrected chi connectivity index (χ1v) is 6.46. The van der Waals surface area contributed by atoms with Crippen LogP contribution in [0.1, 0.15) is 13.3 Å². The first-order chi connectivity index (χ1) is 6.86. The van der Waals surface area contributed by atoms with Crippen molar-refractivity contribution in [3.63, 3.8) is 0 Å². The Hall–Kier alpha value is -0.480. The van der Waals surface area contributed by atoms with E-state index in [0.717, 1.165) is 13.1 Å². The van der Waals surface area contributed by atoms with Crippen LogP contribution in [0.15, 0.2) is 18.5 Å². The lowest BCUT2D eigenvalue weighted by Crippen LogP contribution is -2.33. The van der Waals surface area contributed by atoms with Gasteiger partial charge in [-0.05, 0) is 18.7 Å². The Morgan fingerprint density at radius 2 is 2.43 bits per heavy atom. The van der Waals surface area contributed by atoms with Crippen LogP contribution in [0.2, 0.25) is 0 Å². The van der Waals surface area contributed by atoms with Gasteiger partial charge in [-0.1, -0.05) is 6.92 Å². The van der Waals surface area contributed by atoms with Crippen LogP contribution in [0, 0.1) is 0 Å². The molecular formula is C10H19N3S. The molecule has 14 heavy (non-hydrogen) atoms. The Kier molecular flexibility index (Phi) is 5.71. The van der Waals surface area contributed by atoms with Gasteiger partial charge < -0.3 is 5.32 Å². The fourth-order valence-corrected chi connectivity index (χ4v) is 2.09. The molecule has 0 saturated heterocycles. The largest absolute Gasteiger partial charge is 0.311 e. The molecule has 1 heterocycles. The van der Waals surface area contributed by atoms with Crippen LogP contribution < -0.4 is 5.32 Å². The number of hydrogen-bond donors (Lipinski definition) is 1. The van der Waals surface area contributed by atoms with Gasteiger partial charge in [0.25, 0.3) is 0 Å². The maximum atomic E-state index is 4.16. The topological polar surface area (TPSA) is 29.9 Å². The van der Waals surface area contributed by atoms with Crippen LogP contribution in [0.5, 0.6) is 0 Å². The van der Waals surface area contributed by atoms with E-state index in [2.05, 4.69) is 23.6 Å². The molecule has 0 aromatic carbocycles. The summed E-state index contributed by atoms with van der Waals surface area (Å²) in [4.78, 5) is 0. The normalized spacial score (nSPS) is 13.0. The number of nitrogens with zero attached hydrogens (tertiary/aromatic N) is 2. The van der Waals surface area contributed by atoms with Crippen molar-refractivity contribution in [1.29, 1.82) is 0 Å². The molecule has 0 amide bonds. The number of rotatable bonds is 7. The predicted molar refractivity (Wildman–Crippen MR) is 62.7 cm³/mol. The van der Waals surface area contributed by atoms with E-state index in [1.165, 1.54) is 12.2 Å². The van der Waals surface area contributed by atoms with Crippen molar-refractivity contribution in [2.75, 3.05) is 18.6 Å². The molecule has 0 aliphatic heterocycles. The molecule has 0 aliphatic rings. The van der Waals surface area contributed by atoms with Gasteiger partial charge >= 0.3 is 0 Å². The standard InChI is InChI=1S/C10H19N3S/c1-3-10(9-14-2)11-6-8-13-7-4-5-12-13/h4-5,7,10-11H,3,6,8-9H2,1-2H3. The van der Waals surface area contributed by atoms with Gasteiger partial charge in [-0.25, -0.2) is 0 Å². The van der Waals surface area contributed by atoms with Crippen LogP contribution in [-0.4, -0.2) is 34.4 Å². The van der Waals surface area contributed by atoms with E-state index in [4.69, 9.17) is 0 Å². The SMILES string of the molecule is CCC(CSC)NCCn1cccn1. The van der Waals surface area contributed by atoms with E-state index in [1.54, 1.807) is 0 Å². The molecule has 1 N–H and O–H groups in total. The van der Waals surface area contributed by atoms with E-state index in [-0.39, 0.29) is 0 Å². The Bertz CT molecular complexity index is 223. The number of aromatic nitrogens is 2.